The molecule has 0 aliphatic carbocycles. The first kappa shape index (κ1) is 9.41. The largest absolute Gasteiger partial charge is 0.299 e. The van der Waals surface area contributed by atoms with Gasteiger partial charge in [-0.05, 0) is 6.92 Å². The van der Waals surface area contributed by atoms with Gasteiger partial charge in [-0.3, -0.25) is 4.79 Å². The number of rotatable bonds is 2. The molecule has 0 N–H and O–H groups in total. The van der Waals surface area contributed by atoms with E-state index in [4.69, 9.17) is 0 Å². The lowest BCUT2D eigenvalue weighted by Gasteiger charge is -2.15. The Morgan fingerprint density at radius 2 is 1.80 bits per heavy atom. The maximum absolute atomic E-state index is 11.2. The molecule has 0 rings (SSSR count). The van der Waals surface area contributed by atoms with Gasteiger partial charge in [0.25, 0.3) is 0 Å². The van der Waals surface area contributed by atoms with Gasteiger partial charge in [-0.15, -0.1) is 0 Å². The zero-order chi connectivity index (χ0) is 8.36. The zero-order valence-corrected chi connectivity index (χ0v) is 7.32. The molecule has 0 aromatic heterocycles. The maximum atomic E-state index is 11.2. The Balaban J connectivity index is 3.99. The summed E-state index contributed by atoms with van der Waals surface area (Å²) in [6, 6.07) is 0. The molecule has 0 amide bonds. The molecule has 0 aromatic carbocycles. The van der Waals surface area contributed by atoms with Crippen molar-refractivity contribution in [1.82, 2.24) is 0 Å². The molecule has 0 aliphatic rings. The molecule has 1 heteroatoms. The van der Waals surface area contributed by atoms with E-state index in [1.54, 1.807) is 0 Å². The van der Waals surface area contributed by atoms with Crippen molar-refractivity contribution in [1.29, 1.82) is 0 Å². The van der Waals surface area contributed by atoms with Crippen molar-refractivity contribution in [2.45, 2.75) is 34.1 Å². The Labute approximate surface area is 63.1 Å². The van der Waals surface area contributed by atoms with Gasteiger partial charge in [-0.2, -0.15) is 0 Å². The second kappa shape index (κ2) is 3.00. The van der Waals surface area contributed by atoms with Crippen LogP contribution in [-0.4, -0.2) is 5.78 Å². The molecule has 0 saturated heterocycles. The van der Waals surface area contributed by atoms with E-state index in [-0.39, 0.29) is 11.2 Å². The molecule has 1 nitrogen and oxygen atoms in total. The molecule has 0 saturated carbocycles. The highest BCUT2D eigenvalue weighted by atomic mass is 16.1. The summed E-state index contributed by atoms with van der Waals surface area (Å²) >= 11 is 0. The van der Waals surface area contributed by atoms with Crippen LogP contribution in [0.2, 0.25) is 0 Å². The summed E-state index contributed by atoms with van der Waals surface area (Å²) in [5.41, 5.74) is 0.735. The average molecular weight is 140 g/mol. The Hall–Kier alpha value is -0.590. The van der Waals surface area contributed by atoms with E-state index in [0.29, 0.717) is 6.42 Å². The zero-order valence-electron chi connectivity index (χ0n) is 7.32. The third-order valence-corrected chi connectivity index (χ3v) is 1.30. The van der Waals surface area contributed by atoms with Crippen molar-refractivity contribution in [2.24, 2.45) is 5.41 Å². The van der Waals surface area contributed by atoms with Gasteiger partial charge in [0.15, 0.2) is 0 Å². The summed E-state index contributed by atoms with van der Waals surface area (Å²) in [7, 11) is 0. The third kappa shape index (κ3) is 3.44. The minimum Gasteiger partial charge on any atom is -0.299 e. The summed E-state index contributed by atoms with van der Waals surface area (Å²) in [6.07, 6.45) is 0.517. The van der Waals surface area contributed by atoms with E-state index in [1.807, 2.05) is 27.7 Å². The number of hydrogen-bond acceptors (Lipinski definition) is 1. The van der Waals surface area contributed by atoms with Crippen LogP contribution in [0.5, 0.6) is 0 Å². The Morgan fingerprint density at radius 1 is 1.40 bits per heavy atom. The fourth-order valence-electron chi connectivity index (χ4n) is 0.539. The van der Waals surface area contributed by atoms with Crippen molar-refractivity contribution in [2.75, 3.05) is 0 Å². The molecule has 0 bridgehead atoms. The van der Waals surface area contributed by atoms with Gasteiger partial charge in [-0.1, -0.05) is 32.9 Å². The van der Waals surface area contributed by atoms with Crippen LogP contribution < -0.4 is 0 Å². The van der Waals surface area contributed by atoms with E-state index >= 15 is 0 Å². The molecular weight excluding hydrogens is 124 g/mol. The Bertz CT molecular complexity index is 149. The molecular formula is C9H16O. The highest BCUT2D eigenvalue weighted by molar-refractivity contribution is 5.85. The SMILES string of the molecule is C=C(C)CC(=O)C(C)(C)C. The first-order chi connectivity index (χ1) is 4.34. The number of allylic oxidation sites excluding steroid dienone is 1. The van der Waals surface area contributed by atoms with Crippen LogP contribution in [0.15, 0.2) is 12.2 Å². The molecule has 0 radical (unpaired) electrons. The predicted octanol–water partition coefficient (Wildman–Crippen LogP) is 2.57. The van der Waals surface area contributed by atoms with Crippen LogP contribution in [0.1, 0.15) is 34.1 Å². The summed E-state index contributed by atoms with van der Waals surface area (Å²) in [4.78, 5) is 11.2. The van der Waals surface area contributed by atoms with Gasteiger partial charge >= 0.3 is 0 Å². The van der Waals surface area contributed by atoms with Crippen LogP contribution >= 0.6 is 0 Å². The van der Waals surface area contributed by atoms with E-state index in [1.165, 1.54) is 0 Å². The molecule has 10 heavy (non-hydrogen) atoms. The number of carbonyl (C=O) groups excluding carboxylic acids is 1. The lowest BCUT2D eigenvalue weighted by Crippen LogP contribution is -2.19. The van der Waals surface area contributed by atoms with Crippen LogP contribution in [0.3, 0.4) is 0 Å². The minimum absolute atomic E-state index is 0.209. The monoisotopic (exact) mass is 140 g/mol. The van der Waals surface area contributed by atoms with Crippen molar-refractivity contribution in [3.8, 4) is 0 Å². The summed E-state index contributed by atoms with van der Waals surface area (Å²) in [5.74, 6) is 0.264. The van der Waals surface area contributed by atoms with E-state index in [2.05, 4.69) is 6.58 Å². The van der Waals surface area contributed by atoms with Crippen LogP contribution in [0.4, 0.5) is 0 Å². The predicted molar refractivity (Wildman–Crippen MR) is 43.9 cm³/mol. The fourth-order valence-corrected chi connectivity index (χ4v) is 0.539. The summed E-state index contributed by atoms with van der Waals surface area (Å²) in [5, 5.41) is 0. The van der Waals surface area contributed by atoms with Gasteiger partial charge in [0.05, 0.1) is 0 Å². The highest BCUT2D eigenvalue weighted by Gasteiger charge is 2.20. The minimum atomic E-state index is -0.209. The number of carbonyl (C=O) groups is 1. The summed E-state index contributed by atoms with van der Waals surface area (Å²) < 4.78 is 0. The number of ketones is 1. The lowest BCUT2D eigenvalue weighted by atomic mass is 9.87. The first-order valence-electron chi connectivity index (χ1n) is 3.51. The van der Waals surface area contributed by atoms with Gasteiger partial charge in [0.2, 0.25) is 0 Å². The fraction of sp³-hybridized carbons (Fsp3) is 0.667. The van der Waals surface area contributed by atoms with Gasteiger partial charge in [-0.25, -0.2) is 0 Å². The van der Waals surface area contributed by atoms with Crippen LogP contribution in [0.25, 0.3) is 0 Å². The van der Waals surface area contributed by atoms with E-state index < -0.39 is 0 Å². The molecule has 0 unspecified atom stereocenters. The van der Waals surface area contributed by atoms with Gasteiger partial charge in [0.1, 0.15) is 5.78 Å². The average Bonchev–Trinajstić information content (AvgIpc) is 1.60. The third-order valence-electron chi connectivity index (χ3n) is 1.30. The first-order valence-corrected chi connectivity index (χ1v) is 3.51. The number of hydrogen-bond donors (Lipinski definition) is 0. The second-order valence-corrected chi connectivity index (χ2v) is 3.81. The highest BCUT2D eigenvalue weighted by Crippen LogP contribution is 2.18. The molecule has 0 spiro atoms. The smallest absolute Gasteiger partial charge is 0.142 e. The normalized spacial score (nSPS) is 11.2. The molecule has 0 fully saturated rings. The van der Waals surface area contributed by atoms with E-state index in [0.717, 1.165) is 5.57 Å². The standard InChI is InChI=1S/C9H16O/c1-7(2)6-8(10)9(3,4)5/h1,6H2,2-5H3. The van der Waals surface area contributed by atoms with Crippen molar-refractivity contribution in [3.63, 3.8) is 0 Å². The lowest BCUT2D eigenvalue weighted by molar-refractivity contribution is -0.125. The molecule has 58 valence electrons. The van der Waals surface area contributed by atoms with Crippen LogP contribution in [0, 0.1) is 5.41 Å². The number of Topliss-reactive ketones (excluding diaryl/α,β-unsaturated/α-hetero) is 1. The quantitative estimate of drug-likeness (QED) is 0.539. The van der Waals surface area contributed by atoms with Gasteiger partial charge < -0.3 is 0 Å². The Morgan fingerprint density at radius 3 is 1.90 bits per heavy atom. The molecule has 0 atom stereocenters. The molecule has 0 aliphatic heterocycles. The molecule has 0 heterocycles. The molecule has 0 aromatic rings. The van der Waals surface area contributed by atoms with Crippen molar-refractivity contribution < 1.29 is 4.79 Å². The Kier molecular flexibility index (Phi) is 2.82. The topological polar surface area (TPSA) is 17.1 Å². The second-order valence-electron chi connectivity index (χ2n) is 3.81. The maximum Gasteiger partial charge on any atom is 0.142 e. The summed E-state index contributed by atoms with van der Waals surface area (Å²) in [6.45, 7) is 11.4. The van der Waals surface area contributed by atoms with Crippen LogP contribution in [-0.2, 0) is 4.79 Å². The van der Waals surface area contributed by atoms with Crippen molar-refractivity contribution >= 4 is 5.78 Å². The van der Waals surface area contributed by atoms with Crippen molar-refractivity contribution in [3.05, 3.63) is 12.2 Å². The van der Waals surface area contributed by atoms with E-state index in [9.17, 15) is 4.79 Å². The van der Waals surface area contributed by atoms with Gasteiger partial charge in [0, 0.05) is 11.8 Å².